The van der Waals surface area contributed by atoms with Gasteiger partial charge in [0.2, 0.25) is 10.0 Å². The number of ether oxygens (including phenoxy) is 1. The lowest BCUT2D eigenvalue weighted by atomic mass is 10.3. The lowest BCUT2D eigenvalue weighted by Crippen LogP contribution is -2.30. The zero-order valence-corrected chi connectivity index (χ0v) is 17.4. The maximum atomic E-state index is 12.6. The second-order valence-corrected chi connectivity index (χ2v) is 8.54. The van der Waals surface area contributed by atoms with Crippen LogP contribution in [0.5, 0.6) is 5.75 Å². The summed E-state index contributed by atoms with van der Waals surface area (Å²) in [6, 6.07) is 4.03. The molecule has 0 radical (unpaired) electrons. The molecule has 0 fully saturated rings. The summed E-state index contributed by atoms with van der Waals surface area (Å²) in [4.78, 5) is 12.5. The molecular formula is C16H17Cl3N2O4S. The third kappa shape index (κ3) is 4.18. The first kappa shape index (κ1) is 21.1. The van der Waals surface area contributed by atoms with Crippen LogP contribution in [0.1, 0.15) is 24.3 Å². The molecule has 6 nitrogen and oxygen atoms in total. The molecule has 1 aromatic carbocycles. The van der Waals surface area contributed by atoms with E-state index in [-0.39, 0.29) is 26.4 Å². The van der Waals surface area contributed by atoms with Crippen LogP contribution in [-0.2, 0) is 17.1 Å². The average molecular weight is 440 g/mol. The highest BCUT2D eigenvalue weighted by Crippen LogP contribution is 2.36. The molecule has 1 aromatic heterocycles. The number of benzene rings is 1. The number of sulfonamides is 1. The highest BCUT2D eigenvalue weighted by molar-refractivity contribution is 7.89. The van der Waals surface area contributed by atoms with Gasteiger partial charge in [-0.2, -0.15) is 4.31 Å². The smallest absolute Gasteiger partial charge is 0.360 e. The molecule has 0 unspecified atom stereocenters. The molecule has 0 aliphatic heterocycles. The quantitative estimate of drug-likeness (QED) is 0.499. The Morgan fingerprint density at radius 3 is 2.15 bits per heavy atom. The van der Waals surface area contributed by atoms with Gasteiger partial charge in [0.25, 0.3) is 0 Å². The topological polar surface area (TPSA) is 68.6 Å². The largest absolute Gasteiger partial charge is 0.419 e. The fourth-order valence-corrected chi connectivity index (χ4v) is 4.79. The van der Waals surface area contributed by atoms with Gasteiger partial charge in [-0.15, -0.1) is 0 Å². The number of hydrogen-bond donors (Lipinski definition) is 0. The van der Waals surface area contributed by atoms with Crippen molar-refractivity contribution in [3.05, 3.63) is 45.2 Å². The van der Waals surface area contributed by atoms with Crippen molar-refractivity contribution in [1.82, 2.24) is 8.87 Å². The van der Waals surface area contributed by atoms with Gasteiger partial charge in [0.1, 0.15) is 10.6 Å². The molecule has 2 aromatic rings. The van der Waals surface area contributed by atoms with E-state index in [4.69, 9.17) is 39.5 Å². The van der Waals surface area contributed by atoms with Crippen LogP contribution in [0, 0.1) is 0 Å². The van der Waals surface area contributed by atoms with E-state index >= 15 is 0 Å². The highest BCUT2D eigenvalue weighted by Gasteiger charge is 2.26. The molecule has 0 bridgehead atoms. The van der Waals surface area contributed by atoms with Crippen LogP contribution in [0.25, 0.3) is 0 Å². The van der Waals surface area contributed by atoms with Gasteiger partial charge in [0.05, 0.1) is 10.0 Å². The van der Waals surface area contributed by atoms with Crippen molar-refractivity contribution in [2.24, 2.45) is 7.05 Å². The Labute approximate surface area is 167 Å². The van der Waals surface area contributed by atoms with Gasteiger partial charge >= 0.3 is 5.97 Å². The predicted molar refractivity (Wildman–Crippen MR) is 102 cm³/mol. The van der Waals surface area contributed by atoms with Crippen molar-refractivity contribution in [1.29, 1.82) is 0 Å². The molecule has 0 aliphatic rings. The Bertz CT molecular complexity index is 914. The molecule has 0 N–H and O–H groups in total. The van der Waals surface area contributed by atoms with Gasteiger partial charge in [-0.25, -0.2) is 13.2 Å². The number of aryl methyl sites for hydroxylation is 1. The second-order valence-electron chi connectivity index (χ2n) is 5.35. The molecule has 0 atom stereocenters. The van der Waals surface area contributed by atoms with Crippen molar-refractivity contribution < 1.29 is 17.9 Å². The zero-order chi connectivity index (χ0) is 19.6. The van der Waals surface area contributed by atoms with Crippen molar-refractivity contribution in [3.8, 4) is 5.75 Å². The molecule has 2 rings (SSSR count). The SMILES string of the molecule is CCN(CC)S(=O)(=O)c1cc(C(=O)Oc2c(Cl)cc(Cl)cc2Cl)n(C)c1. The van der Waals surface area contributed by atoms with Crippen LogP contribution in [0.15, 0.2) is 29.3 Å². The van der Waals surface area contributed by atoms with Crippen molar-refractivity contribution in [2.75, 3.05) is 13.1 Å². The maximum absolute atomic E-state index is 12.6. The Kier molecular flexibility index (Phi) is 6.63. The number of aromatic nitrogens is 1. The Balaban J connectivity index is 2.36. The van der Waals surface area contributed by atoms with E-state index < -0.39 is 16.0 Å². The average Bonchev–Trinajstić information content (AvgIpc) is 2.94. The summed E-state index contributed by atoms with van der Waals surface area (Å²) in [5, 5.41) is 0.438. The van der Waals surface area contributed by atoms with Gasteiger partial charge in [-0.05, 0) is 18.2 Å². The van der Waals surface area contributed by atoms with E-state index in [9.17, 15) is 13.2 Å². The van der Waals surface area contributed by atoms with Crippen molar-refractivity contribution in [3.63, 3.8) is 0 Å². The number of carbonyl (C=O) groups excluding carboxylic acids is 1. The minimum absolute atomic E-state index is 0.00366. The summed E-state index contributed by atoms with van der Waals surface area (Å²) in [5.41, 5.74) is 0.0396. The number of halogens is 3. The third-order valence-corrected chi connectivity index (χ3v) is 6.48. The van der Waals surface area contributed by atoms with Gasteiger partial charge in [-0.3, -0.25) is 0 Å². The number of esters is 1. The summed E-state index contributed by atoms with van der Waals surface area (Å²) in [6.07, 6.45) is 1.36. The summed E-state index contributed by atoms with van der Waals surface area (Å²) in [5.74, 6) is -0.836. The monoisotopic (exact) mass is 438 g/mol. The molecule has 0 saturated carbocycles. The third-order valence-electron chi connectivity index (χ3n) is 3.69. The number of carbonyl (C=O) groups is 1. The number of rotatable bonds is 6. The normalized spacial score (nSPS) is 11.8. The van der Waals surface area contributed by atoms with Crippen LogP contribution >= 0.6 is 34.8 Å². The number of nitrogens with zero attached hydrogens (tertiary/aromatic N) is 2. The first-order valence-corrected chi connectivity index (χ1v) is 10.2. The van der Waals surface area contributed by atoms with Gasteiger partial charge < -0.3 is 9.30 Å². The fourth-order valence-electron chi connectivity index (χ4n) is 2.36. The van der Waals surface area contributed by atoms with E-state index in [2.05, 4.69) is 0 Å². The molecule has 26 heavy (non-hydrogen) atoms. The van der Waals surface area contributed by atoms with E-state index in [0.717, 1.165) is 0 Å². The lowest BCUT2D eigenvalue weighted by molar-refractivity contribution is 0.0725. The minimum Gasteiger partial charge on any atom is -0.419 e. The van der Waals surface area contributed by atoms with E-state index in [1.807, 2.05) is 0 Å². The van der Waals surface area contributed by atoms with Crippen LogP contribution in [-0.4, -0.2) is 36.3 Å². The molecule has 142 valence electrons. The Hall–Kier alpha value is -1.25. The van der Waals surface area contributed by atoms with Crippen molar-refractivity contribution in [2.45, 2.75) is 18.7 Å². The van der Waals surface area contributed by atoms with Crippen LogP contribution in [0.2, 0.25) is 15.1 Å². The molecule has 0 saturated heterocycles. The number of hydrogen-bond acceptors (Lipinski definition) is 4. The van der Waals surface area contributed by atoms with E-state index in [1.54, 1.807) is 20.9 Å². The van der Waals surface area contributed by atoms with Crippen molar-refractivity contribution >= 4 is 50.8 Å². The zero-order valence-electron chi connectivity index (χ0n) is 14.3. The Morgan fingerprint density at radius 1 is 1.12 bits per heavy atom. The molecule has 0 aliphatic carbocycles. The van der Waals surface area contributed by atoms with E-state index in [0.29, 0.717) is 18.1 Å². The predicted octanol–water partition coefficient (Wildman–Crippen LogP) is 4.24. The van der Waals surface area contributed by atoms with Gasteiger partial charge in [0.15, 0.2) is 5.75 Å². The maximum Gasteiger partial charge on any atom is 0.360 e. The standard InChI is InChI=1S/C16H17Cl3N2O4S/c1-4-21(5-2)26(23,24)11-8-14(20(3)9-11)16(22)25-15-12(18)6-10(17)7-13(15)19/h6-9H,4-5H2,1-3H3. The van der Waals surface area contributed by atoms with Crippen LogP contribution in [0.3, 0.4) is 0 Å². The Morgan fingerprint density at radius 2 is 1.65 bits per heavy atom. The van der Waals surface area contributed by atoms with Crippen LogP contribution < -0.4 is 4.74 Å². The highest BCUT2D eigenvalue weighted by atomic mass is 35.5. The first-order valence-electron chi connectivity index (χ1n) is 7.65. The van der Waals surface area contributed by atoms with Gasteiger partial charge in [0, 0.05) is 31.4 Å². The molecule has 0 amide bonds. The fraction of sp³-hybridized carbons (Fsp3) is 0.312. The first-order chi connectivity index (χ1) is 12.1. The van der Waals surface area contributed by atoms with E-state index in [1.165, 1.54) is 33.3 Å². The summed E-state index contributed by atoms with van der Waals surface area (Å²) in [7, 11) is -2.15. The van der Waals surface area contributed by atoms with Crippen LogP contribution in [0.4, 0.5) is 0 Å². The summed E-state index contributed by atoms with van der Waals surface area (Å²) >= 11 is 17.8. The minimum atomic E-state index is -3.70. The molecule has 10 heteroatoms. The molecule has 0 spiro atoms. The lowest BCUT2D eigenvalue weighted by Gasteiger charge is -2.17. The summed E-state index contributed by atoms with van der Waals surface area (Å²) < 4.78 is 33.1. The second kappa shape index (κ2) is 8.19. The van der Waals surface area contributed by atoms with Gasteiger partial charge in [-0.1, -0.05) is 48.7 Å². The molecular weight excluding hydrogens is 423 g/mol. The summed E-state index contributed by atoms with van der Waals surface area (Å²) in [6.45, 7) is 4.13. The molecule has 1 heterocycles.